The van der Waals surface area contributed by atoms with Crippen molar-refractivity contribution in [1.29, 1.82) is 0 Å². The second kappa shape index (κ2) is 8.57. The van der Waals surface area contributed by atoms with Gasteiger partial charge in [0.25, 0.3) is 0 Å². The van der Waals surface area contributed by atoms with Gasteiger partial charge in [-0.3, -0.25) is 4.79 Å². The fraction of sp³-hybridized carbons (Fsp3) is 0.556. The van der Waals surface area contributed by atoms with E-state index in [0.29, 0.717) is 30.8 Å². The number of aliphatic carboxylic acids is 1. The summed E-state index contributed by atoms with van der Waals surface area (Å²) in [5.74, 6) is -0.188. The molecule has 0 heterocycles. The first-order valence-corrected chi connectivity index (χ1v) is 8.16. The van der Waals surface area contributed by atoms with Crippen molar-refractivity contribution in [1.82, 2.24) is 5.32 Å². The third-order valence-electron chi connectivity index (χ3n) is 4.59. The minimum atomic E-state index is -1.03. The van der Waals surface area contributed by atoms with Crippen LogP contribution in [0.2, 0.25) is 0 Å². The Morgan fingerprint density at radius 1 is 1.12 bits per heavy atom. The molecule has 0 fully saturated rings. The number of carbonyl (C=O) groups excluding carboxylic acids is 1. The Kier molecular flexibility index (Phi) is 7.07. The number of carboxylic acids is 1. The first-order valence-electron chi connectivity index (χ1n) is 8.16. The van der Waals surface area contributed by atoms with E-state index in [-0.39, 0.29) is 5.91 Å². The van der Waals surface area contributed by atoms with E-state index in [4.69, 9.17) is 9.47 Å². The zero-order chi connectivity index (χ0) is 18.3. The summed E-state index contributed by atoms with van der Waals surface area (Å²) in [6.45, 7) is 5.57. The molecule has 0 aliphatic heterocycles. The lowest BCUT2D eigenvalue weighted by atomic mass is 9.74. The summed E-state index contributed by atoms with van der Waals surface area (Å²) in [6, 6.07) is 4.48. The number of methoxy groups -OCH3 is 2. The zero-order valence-electron chi connectivity index (χ0n) is 15.0. The van der Waals surface area contributed by atoms with Gasteiger partial charge in [-0.25, -0.2) is 4.79 Å². The molecular formula is C18H27NO5. The Balaban J connectivity index is 3.29. The van der Waals surface area contributed by atoms with E-state index in [1.54, 1.807) is 33.3 Å². The van der Waals surface area contributed by atoms with Crippen molar-refractivity contribution in [3.05, 3.63) is 23.8 Å². The highest BCUT2D eigenvalue weighted by Crippen LogP contribution is 2.37. The highest BCUT2D eigenvalue weighted by molar-refractivity contribution is 5.91. The highest BCUT2D eigenvalue weighted by atomic mass is 16.5. The Hall–Kier alpha value is -2.24. The fourth-order valence-electron chi connectivity index (χ4n) is 2.88. The third kappa shape index (κ3) is 3.80. The number of carboxylic acid groups (broad SMARTS) is 1. The first-order chi connectivity index (χ1) is 11.4. The van der Waals surface area contributed by atoms with E-state index in [2.05, 4.69) is 5.32 Å². The molecule has 0 saturated carbocycles. The summed E-state index contributed by atoms with van der Waals surface area (Å²) in [5.41, 5.74) is -0.0366. The summed E-state index contributed by atoms with van der Waals surface area (Å²) >= 11 is 0. The molecule has 1 unspecified atom stereocenters. The maximum atomic E-state index is 12.9. The van der Waals surface area contributed by atoms with Gasteiger partial charge in [-0.1, -0.05) is 26.8 Å². The van der Waals surface area contributed by atoms with Crippen molar-refractivity contribution in [2.45, 2.75) is 51.5 Å². The number of benzene rings is 1. The second-order valence-electron chi connectivity index (χ2n) is 5.63. The number of hydrogen-bond acceptors (Lipinski definition) is 4. The number of amides is 1. The van der Waals surface area contributed by atoms with Gasteiger partial charge in [0, 0.05) is 0 Å². The molecule has 134 valence electrons. The number of carbonyl (C=O) groups is 2. The van der Waals surface area contributed by atoms with Crippen molar-refractivity contribution >= 4 is 11.9 Å². The smallest absolute Gasteiger partial charge is 0.326 e. The van der Waals surface area contributed by atoms with Crippen LogP contribution < -0.4 is 14.8 Å². The van der Waals surface area contributed by atoms with E-state index in [1.807, 2.05) is 19.9 Å². The van der Waals surface area contributed by atoms with Crippen molar-refractivity contribution in [3.8, 4) is 11.5 Å². The van der Waals surface area contributed by atoms with Crippen molar-refractivity contribution in [3.63, 3.8) is 0 Å². The van der Waals surface area contributed by atoms with E-state index < -0.39 is 17.4 Å². The quantitative estimate of drug-likeness (QED) is 0.724. The normalized spacial score (nSPS) is 12.4. The molecule has 0 radical (unpaired) electrons. The average Bonchev–Trinajstić information content (AvgIpc) is 2.60. The molecule has 6 heteroatoms. The van der Waals surface area contributed by atoms with Gasteiger partial charge < -0.3 is 19.9 Å². The molecule has 24 heavy (non-hydrogen) atoms. The van der Waals surface area contributed by atoms with Crippen LogP contribution in [0.5, 0.6) is 11.5 Å². The van der Waals surface area contributed by atoms with E-state index >= 15 is 0 Å². The van der Waals surface area contributed by atoms with Crippen LogP contribution >= 0.6 is 0 Å². The van der Waals surface area contributed by atoms with Gasteiger partial charge >= 0.3 is 5.97 Å². The van der Waals surface area contributed by atoms with E-state index in [9.17, 15) is 14.7 Å². The molecule has 1 amide bonds. The van der Waals surface area contributed by atoms with Gasteiger partial charge in [-0.15, -0.1) is 0 Å². The number of nitrogens with one attached hydrogen (secondary N) is 1. The van der Waals surface area contributed by atoms with Gasteiger partial charge in [-0.05, 0) is 37.0 Å². The van der Waals surface area contributed by atoms with Crippen molar-refractivity contribution < 1.29 is 24.2 Å². The molecule has 0 bridgehead atoms. The van der Waals surface area contributed by atoms with Gasteiger partial charge in [0.2, 0.25) is 5.91 Å². The van der Waals surface area contributed by atoms with Crippen LogP contribution in [0.15, 0.2) is 18.2 Å². The topological polar surface area (TPSA) is 84.9 Å². The van der Waals surface area contributed by atoms with Crippen LogP contribution in [0, 0.1) is 0 Å². The van der Waals surface area contributed by atoms with Gasteiger partial charge in [-0.2, -0.15) is 0 Å². The van der Waals surface area contributed by atoms with Crippen LogP contribution in [0.4, 0.5) is 0 Å². The molecule has 1 aromatic carbocycles. The van der Waals surface area contributed by atoms with Crippen LogP contribution in [-0.4, -0.2) is 37.2 Å². The molecule has 0 spiro atoms. The van der Waals surface area contributed by atoms with Crippen molar-refractivity contribution in [2.24, 2.45) is 0 Å². The Morgan fingerprint density at radius 2 is 1.71 bits per heavy atom. The predicted molar refractivity (Wildman–Crippen MR) is 91.7 cm³/mol. The molecular weight excluding hydrogens is 310 g/mol. The van der Waals surface area contributed by atoms with Crippen LogP contribution in [0.1, 0.15) is 45.6 Å². The summed E-state index contributed by atoms with van der Waals surface area (Å²) in [6.07, 6.45) is 1.41. The number of ether oxygens (including phenoxy) is 2. The summed E-state index contributed by atoms with van der Waals surface area (Å²) in [5, 5.41) is 11.9. The summed E-state index contributed by atoms with van der Waals surface area (Å²) in [7, 11) is 3.09. The largest absolute Gasteiger partial charge is 0.493 e. The molecule has 1 aromatic rings. The molecule has 2 N–H and O–H groups in total. The lowest BCUT2D eigenvalue weighted by Crippen LogP contribution is -2.50. The predicted octanol–water partition coefficient (Wildman–Crippen LogP) is 2.74. The molecule has 1 rings (SSSR count). The first kappa shape index (κ1) is 19.8. The Labute approximate surface area is 143 Å². The SMILES string of the molecule is CCC(NC(=O)C(CC)(CC)c1ccc(OC)c(OC)c1)C(=O)O. The van der Waals surface area contributed by atoms with Gasteiger partial charge in [0.05, 0.1) is 19.6 Å². The lowest BCUT2D eigenvalue weighted by molar-refractivity contribution is -0.143. The molecule has 0 aliphatic rings. The molecule has 0 aromatic heterocycles. The maximum Gasteiger partial charge on any atom is 0.326 e. The zero-order valence-corrected chi connectivity index (χ0v) is 15.0. The second-order valence-corrected chi connectivity index (χ2v) is 5.63. The fourth-order valence-corrected chi connectivity index (χ4v) is 2.88. The van der Waals surface area contributed by atoms with E-state index in [1.165, 1.54) is 0 Å². The van der Waals surface area contributed by atoms with E-state index in [0.717, 1.165) is 5.56 Å². The van der Waals surface area contributed by atoms with Crippen LogP contribution in [0.3, 0.4) is 0 Å². The third-order valence-corrected chi connectivity index (χ3v) is 4.59. The Bertz CT molecular complexity index is 581. The molecule has 6 nitrogen and oxygen atoms in total. The summed E-state index contributed by atoms with van der Waals surface area (Å²) in [4.78, 5) is 24.1. The molecule has 0 aliphatic carbocycles. The molecule has 0 saturated heterocycles. The van der Waals surface area contributed by atoms with Crippen LogP contribution in [0.25, 0.3) is 0 Å². The minimum Gasteiger partial charge on any atom is -0.493 e. The number of hydrogen-bond donors (Lipinski definition) is 2. The minimum absolute atomic E-state index is 0.283. The van der Waals surface area contributed by atoms with Gasteiger partial charge in [0.1, 0.15) is 6.04 Å². The monoisotopic (exact) mass is 337 g/mol. The lowest BCUT2D eigenvalue weighted by Gasteiger charge is -2.32. The number of rotatable bonds is 9. The summed E-state index contributed by atoms with van der Waals surface area (Å²) < 4.78 is 10.6. The average molecular weight is 337 g/mol. The standard InChI is InChI=1S/C18H27NO5/c1-6-13(16(20)21)19-17(22)18(7-2,8-3)12-9-10-14(23-4)15(11-12)24-5/h9-11,13H,6-8H2,1-5H3,(H,19,22)(H,20,21). The Morgan fingerprint density at radius 3 is 2.12 bits per heavy atom. The van der Waals surface area contributed by atoms with Crippen LogP contribution in [-0.2, 0) is 15.0 Å². The van der Waals surface area contributed by atoms with Crippen molar-refractivity contribution in [2.75, 3.05) is 14.2 Å². The maximum absolute atomic E-state index is 12.9. The highest BCUT2D eigenvalue weighted by Gasteiger charge is 2.39. The molecule has 1 atom stereocenters. The van der Waals surface area contributed by atoms with Gasteiger partial charge in [0.15, 0.2) is 11.5 Å².